The number of benzene rings is 2. The van der Waals surface area contributed by atoms with Gasteiger partial charge in [0.2, 0.25) is 17.7 Å². The number of esters is 1. The summed E-state index contributed by atoms with van der Waals surface area (Å²) in [4.78, 5) is 23.8. The average molecular weight is 1270 g/mol. The molecule has 0 saturated carbocycles. The van der Waals surface area contributed by atoms with Crippen molar-refractivity contribution < 1.29 is 23.2 Å². The highest BCUT2D eigenvalue weighted by atomic mass is 32.1. The first-order chi connectivity index (χ1) is 41.1. The molecule has 5 aromatic heterocycles. The van der Waals surface area contributed by atoms with Gasteiger partial charge in [-0.2, -0.15) is 13.7 Å². The number of hydrogen-bond acceptors (Lipinski definition) is 19. The summed E-state index contributed by atoms with van der Waals surface area (Å²) in [5.41, 5.74) is 4.73. The predicted octanol–water partition coefficient (Wildman–Crippen LogP) is 20.0. The second-order valence-corrected chi connectivity index (χ2v) is 25.7. The minimum atomic E-state index is -0.186. The first-order valence-corrected chi connectivity index (χ1v) is 34.1. The molecule has 19 heteroatoms. The van der Waals surface area contributed by atoms with Crippen molar-refractivity contribution in [3.05, 3.63) is 126 Å². The van der Waals surface area contributed by atoms with E-state index in [9.17, 15) is 4.79 Å². The van der Waals surface area contributed by atoms with Crippen LogP contribution in [0, 0.1) is 52.4 Å². The van der Waals surface area contributed by atoms with Crippen LogP contribution in [0.5, 0.6) is 0 Å². The minimum absolute atomic E-state index is 0.0521. The molecule has 0 radical (unpaired) electrons. The molecule has 16 nitrogen and oxygen atoms in total. The summed E-state index contributed by atoms with van der Waals surface area (Å²) in [7, 11) is 0. The van der Waals surface area contributed by atoms with Crippen molar-refractivity contribution in [3.8, 4) is 0 Å². The second kappa shape index (κ2) is 51.7. The molecular formula is C68H119N11O5S3. The van der Waals surface area contributed by atoms with Gasteiger partial charge in [0.15, 0.2) is 5.82 Å². The number of carbonyl (C=O) groups excluding carboxylic acids is 1. The number of fused-ring (bicyclic) bond motifs is 2. The first-order valence-electron chi connectivity index (χ1n) is 31.8. The van der Waals surface area contributed by atoms with Crippen LogP contribution in [0.25, 0.3) is 0 Å². The predicted molar refractivity (Wildman–Crippen MR) is 369 cm³/mol. The lowest BCUT2D eigenvalue weighted by molar-refractivity contribution is 0.0280. The second-order valence-electron chi connectivity index (χ2n) is 22.8. The Morgan fingerprint density at radius 1 is 0.540 bits per heavy atom. The molecule has 1 unspecified atom stereocenters. The Hall–Kier alpha value is -5.21. The zero-order chi connectivity index (χ0) is 67.2. The Kier molecular flexibility index (Phi) is 51.1. The van der Waals surface area contributed by atoms with E-state index in [-0.39, 0.29) is 12.1 Å². The summed E-state index contributed by atoms with van der Waals surface area (Å²) in [6, 6.07) is 16.2. The maximum absolute atomic E-state index is 11.4. The molecule has 1 fully saturated rings. The summed E-state index contributed by atoms with van der Waals surface area (Å²) < 4.78 is 28.3. The largest absolute Gasteiger partial charge is 0.454 e. The molecule has 3 aliphatic rings. The first kappa shape index (κ1) is 86.0. The lowest BCUT2D eigenvalue weighted by Gasteiger charge is -2.15. The Bertz CT molecular complexity index is 2400. The fraction of sp³-hybridized carbons (Fsp3) is 0.662. The summed E-state index contributed by atoms with van der Waals surface area (Å²) in [5, 5.41) is 26.9. The van der Waals surface area contributed by atoms with Crippen LogP contribution in [0.4, 0.5) is 0 Å². The van der Waals surface area contributed by atoms with Crippen LogP contribution in [0.2, 0.25) is 0 Å². The van der Waals surface area contributed by atoms with Crippen LogP contribution >= 0.6 is 34.4 Å². The standard InChI is InChI=1S/C11H12O2.C9H11N.2C6H10N2O.3C6H10N2S.C4H8O.2C4H10.3C2H6/c1-7(2)10-8-5-3-4-6-9(8)11(12)13-10;1-2-4-9-7-10-6-5-8(9)3-1;1-4(2)6-8-7-5(3)9-6;1-4(2)6-7-5(3)9-8-6;1-4(2)6-8-7-5(3)9-6;1-4(2)6-7-5(3)9-8-6;1-4(2)6-7-5(3)8-9-6;1-2-4-5-3-1;2*1-4(2)3;3*1-2/h3-7,10H,1-2H3;1-4,10H,5-7H2;5*4H,1-3H3;1-4H2;2*4H,1-3H3;3*1-2H3. The number of nitrogens with one attached hydrogen (secondary N) is 1. The van der Waals surface area contributed by atoms with Crippen LogP contribution in [0.15, 0.2) is 57.5 Å². The Balaban J connectivity index is -0.000000905. The molecule has 0 amide bonds. The van der Waals surface area contributed by atoms with E-state index in [0.29, 0.717) is 53.2 Å². The number of aryl methyl sites for hydroxylation is 5. The molecule has 1 N–H and O–H groups in total. The molecule has 1 atom stereocenters. The number of carbonyl (C=O) groups is 1. The van der Waals surface area contributed by atoms with Crippen molar-refractivity contribution in [2.24, 2.45) is 17.8 Å². The lowest BCUT2D eigenvalue weighted by Crippen LogP contribution is -2.23. The molecule has 0 spiro atoms. The minimum Gasteiger partial charge on any atom is -0.454 e. The quantitative estimate of drug-likeness (QED) is 0.154. The normalized spacial score (nSPS) is 12.8. The number of aromatic nitrogens is 10. The van der Waals surface area contributed by atoms with E-state index in [1.807, 2.05) is 114 Å². The SMILES string of the molecule is C1CCOC1.CC.CC.CC.CC(C)C.CC(C)C.CC(C)C1OC(=O)c2ccccc21.Cc1nc(C(C)C)no1.Cc1nc(C(C)C)ns1.Cc1nnc(C(C)C)o1.Cc1nnc(C(C)C)s1.Cc1nsc(C(C)C)n1.c1ccc2c(c1)CCNC2. The maximum Gasteiger partial charge on any atom is 0.339 e. The lowest BCUT2D eigenvalue weighted by atomic mass is 9.97. The van der Waals surface area contributed by atoms with Crippen LogP contribution in [0.3, 0.4) is 0 Å². The van der Waals surface area contributed by atoms with Crippen LogP contribution in [-0.2, 0) is 22.4 Å². The van der Waals surface area contributed by atoms with Gasteiger partial charge in [-0.05, 0) is 105 Å². The Labute approximate surface area is 540 Å². The van der Waals surface area contributed by atoms with Crippen molar-refractivity contribution in [2.45, 2.75) is 262 Å². The fourth-order valence-electron chi connectivity index (χ4n) is 6.34. The van der Waals surface area contributed by atoms with Gasteiger partial charge in [-0.3, -0.25) is 0 Å². The van der Waals surface area contributed by atoms with E-state index in [1.54, 1.807) is 25.2 Å². The van der Waals surface area contributed by atoms with Gasteiger partial charge in [-0.15, -0.1) is 31.7 Å². The third-order valence-corrected chi connectivity index (χ3v) is 13.3. The number of cyclic esters (lactones) is 1. The van der Waals surface area contributed by atoms with Gasteiger partial charge in [-0.25, -0.2) is 14.8 Å². The number of ether oxygens (including phenoxy) is 2. The number of nitrogens with zero attached hydrogens (tertiary/aromatic N) is 10. The van der Waals surface area contributed by atoms with Gasteiger partial charge in [0.05, 0.1) is 5.56 Å². The fourth-order valence-corrected chi connectivity index (χ4v) is 8.30. The van der Waals surface area contributed by atoms with Gasteiger partial charge in [-0.1, -0.05) is 214 Å². The molecule has 1 saturated heterocycles. The zero-order valence-corrected chi connectivity index (χ0v) is 62.0. The van der Waals surface area contributed by atoms with Crippen LogP contribution < -0.4 is 5.32 Å². The number of hydrogen-bond donors (Lipinski definition) is 1. The molecule has 494 valence electrons. The van der Waals surface area contributed by atoms with E-state index in [4.69, 9.17) is 18.4 Å². The van der Waals surface area contributed by atoms with E-state index in [2.05, 4.69) is 176 Å². The molecule has 10 rings (SSSR count). The van der Waals surface area contributed by atoms with Crippen LogP contribution in [0.1, 0.15) is 297 Å². The summed E-state index contributed by atoms with van der Waals surface area (Å²) in [6.45, 7) is 63.6. The number of rotatable bonds is 6. The zero-order valence-electron chi connectivity index (χ0n) is 59.5. The van der Waals surface area contributed by atoms with Crippen molar-refractivity contribution in [2.75, 3.05) is 19.8 Å². The summed E-state index contributed by atoms with van der Waals surface area (Å²) >= 11 is 4.64. The molecule has 87 heavy (non-hydrogen) atoms. The highest BCUT2D eigenvalue weighted by Crippen LogP contribution is 2.35. The molecule has 3 aliphatic heterocycles. The van der Waals surface area contributed by atoms with Crippen molar-refractivity contribution >= 4 is 40.4 Å². The molecular weight excluding hydrogens is 1150 g/mol. The molecule has 7 aromatic rings. The van der Waals surface area contributed by atoms with Crippen LogP contribution in [-0.4, -0.2) is 75.0 Å². The molecule has 8 heterocycles. The highest BCUT2D eigenvalue weighted by molar-refractivity contribution is 7.11. The van der Waals surface area contributed by atoms with Gasteiger partial charge < -0.3 is 23.7 Å². The van der Waals surface area contributed by atoms with Gasteiger partial charge in [0.1, 0.15) is 37.8 Å². The van der Waals surface area contributed by atoms with E-state index in [0.717, 1.165) is 86.8 Å². The Morgan fingerprint density at radius 2 is 1.08 bits per heavy atom. The maximum atomic E-state index is 11.4. The Morgan fingerprint density at radius 3 is 1.40 bits per heavy atom. The van der Waals surface area contributed by atoms with E-state index < -0.39 is 0 Å². The van der Waals surface area contributed by atoms with E-state index >= 15 is 0 Å². The van der Waals surface area contributed by atoms with Gasteiger partial charge in [0.25, 0.3) is 0 Å². The van der Waals surface area contributed by atoms with Gasteiger partial charge >= 0.3 is 5.97 Å². The average Bonchev–Trinajstić information content (AvgIpc) is 2.90. The summed E-state index contributed by atoms with van der Waals surface area (Å²) in [5.74, 6) is 8.68. The van der Waals surface area contributed by atoms with Gasteiger partial charge in [0, 0.05) is 68.8 Å². The highest BCUT2D eigenvalue weighted by Gasteiger charge is 2.32. The molecule has 0 aliphatic carbocycles. The van der Waals surface area contributed by atoms with E-state index in [1.165, 1.54) is 53.5 Å². The van der Waals surface area contributed by atoms with Crippen molar-refractivity contribution in [3.63, 3.8) is 0 Å². The third kappa shape index (κ3) is 41.6. The van der Waals surface area contributed by atoms with Crippen molar-refractivity contribution in [1.82, 2.24) is 54.6 Å². The topological polar surface area (TPSA) is 203 Å². The molecule has 0 bridgehead atoms. The van der Waals surface area contributed by atoms with Crippen molar-refractivity contribution in [1.29, 1.82) is 0 Å². The molecule has 2 aromatic carbocycles. The third-order valence-electron chi connectivity index (χ3n) is 10.4. The summed E-state index contributed by atoms with van der Waals surface area (Å²) in [6.07, 6.45) is 3.69. The smallest absolute Gasteiger partial charge is 0.339 e. The monoisotopic (exact) mass is 1270 g/mol.